The number of aryl methyl sites for hydroxylation is 1. The van der Waals surface area contributed by atoms with E-state index in [-0.39, 0.29) is 0 Å². The molecular weight excluding hydrogens is 252 g/mol. The Morgan fingerprint density at radius 3 is 2.83 bits per heavy atom. The maximum atomic E-state index is 11.3. The summed E-state index contributed by atoms with van der Waals surface area (Å²) in [5.41, 5.74) is 1.45. The van der Waals surface area contributed by atoms with Crippen LogP contribution in [0.3, 0.4) is 0 Å². The van der Waals surface area contributed by atoms with Gasteiger partial charge in [0.25, 0.3) is 0 Å². The molecule has 0 radical (unpaired) electrons. The van der Waals surface area contributed by atoms with E-state index in [2.05, 4.69) is 5.10 Å². The van der Waals surface area contributed by atoms with Crippen LogP contribution in [-0.2, 0) is 18.3 Å². The van der Waals surface area contributed by atoms with Crippen molar-refractivity contribution in [3.63, 3.8) is 0 Å². The zero-order valence-corrected chi connectivity index (χ0v) is 10.6. The topological polar surface area (TPSA) is 55.1 Å². The van der Waals surface area contributed by atoms with Crippen molar-refractivity contribution >= 4 is 17.6 Å². The fraction of sp³-hybridized carbons (Fsp3) is 0.231. The minimum absolute atomic E-state index is 0.358. The minimum Gasteiger partial charge on any atom is -0.481 e. The van der Waals surface area contributed by atoms with Gasteiger partial charge >= 0.3 is 5.97 Å². The molecule has 1 unspecified atom stereocenters. The molecule has 18 heavy (non-hydrogen) atoms. The van der Waals surface area contributed by atoms with E-state index < -0.39 is 11.9 Å². The van der Waals surface area contributed by atoms with Crippen LogP contribution >= 0.6 is 11.6 Å². The highest BCUT2D eigenvalue weighted by Gasteiger charge is 2.21. The Labute approximate surface area is 110 Å². The lowest BCUT2D eigenvalue weighted by Crippen LogP contribution is -2.15. The molecule has 4 nitrogen and oxygen atoms in total. The van der Waals surface area contributed by atoms with E-state index in [1.807, 2.05) is 6.07 Å². The summed E-state index contributed by atoms with van der Waals surface area (Å²) in [4.78, 5) is 11.3. The summed E-state index contributed by atoms with van der Waals surface area (Å²) >= 11 is 5.89. The maximum absolute atomic E-state index is 11.3. The van der Waals surface area contributed by atoms with Gasteiger partial charge in [0.15, 0.2) is 0 Å². The molecule has 1 heterocycles. The number of halogens is 1. The third-order valence-electron chi connectivity index (χ3n) is 2.73. The fourth-order valence-electron chi connectivity index (χ4n) is 1.85. The number of hydrogen-bond acceptors (Lipinski definition) is 2. The third-order valence-corrected chi connectivity index (χ3v) is 2.97. The van der Waals surface area contributed by atoms with Gasteiger partial charge in [-0.3, -0.25) is 9.48 Å². The quantitative estimate of drug-likeness (QED) is 0.923. The molecule has 5 heteroatoms. The Balaban J connectivity index is 2.26. The van der Waals surface area contributed by atoms with Crippen LogP contribution in [0.5, 0.6) is 0 Å². The second-order valence-electron chi connectivity index (χ2n) is 4.13. The van der Waals surface area contributed by atoms with Crippen LogP contribution in [0.4, 0.5) is 0 Å². The van der Waals surface area contributed by atoms with Crippen LogP contribution in [0.2, 0.25) is 5.02 Å². The molecule has 0 aliphatic carbocycles. The molecule has 0 saturated heterocycles. The molecule has 0 aliphatic rings. The average Bonchev–Trinajstić information content (AvgIpc) is 2.71. The first-order chi connectivity index (χ1) is 8.56. The minimum atomic E-state index is -0.872. The van der Waals surface area contributed by atoms with Gasteiger partial charge in [-0.1, -0.05) is 23.7 Å². The number of aromatic nitrogens is 2. The van der Waals surface area contributed by atoms with Gasteiger partial charge in [0, 0.05) is 24.7 Å². The molecule has 0 spiro atoms. The van der Waals surface area contributed by atoms with Crippen molar-refractivity contribution in [1.82, 2.24) is 9.78 Å². The van der Waals surface area contributed by atoms with Crippen molar-refractivity contribution in [2.75, 3.05) is 0 Å². The lowest BCUT2D eigenvalue weighted by molar-refractivity contribution is -0.138. The van der Waals surface area contributed by atoms with E-state index in [0.717, 1.165) is 5.69 Å². The molecule has 1 N–H and O–H groups in total. The maximum Gasteiger partial charge on any atom is 0.311 e. The highest BCUT2D eigenvalue weighted by Crippen LogP contribution is 2.23. The predicted molar refractivity (Wildman–Crippen MR) is 68.7 cm³/mol. The molecule has 0 bridgehead atoms. The van der Waals surface area contributed by atoms with Gasteiger partial charge in [-0.2, -0.15) is 5.10 Å². The Bertz CT molecular complexity index is 566. The summed E-state index contributed by atoms with van der Waals surface area (Å²) in [5.74, 6) is -1.50. The van der Waals surface area contributed by atoms with Gasteiger partial charge in [-0.05, 0) is 23.8 Å². The van der Waals surface area contributed by atoms with E-state index in [1.54, 1.807) is 42.2 Å². The zero-order valence-electron chi connectivity index (χ0n) is 9.88. The Hall–Kier alpha value is -1.81. The van der Waals surface area contributed by atoms with Crippen LogP contribution in [0.1, 0.15) is 17.2 Å². The molecule has 0 amide bonds. The smallest absolute Gasteiger partial charge is 0.311 e. The molecule has 0 saturated carbocycles. The Kier molecular flexibility index (Phi) is 3.67. The van der Waals surface area contributed by atoms with Crippen molar-refractivity contribution in [2.24, 2.45) is 7.05 Å². The summed E-state index contributed by atoms with van der Waals surface area (Å²) < 4.78 is 1.66. The van der Waals surface area contributed by atoms with Gasteiger partial charge in [0.05, 0.1) is 11.6 Å². The van der Waals surface area contributed by atoms with Crippen LogP contribution in [0, 0.1) is 0 Å². The Morgan fingerprint density at radius 2 is 2.28 bits per heavy atom. The van der Waals surface area contributed by atoms with E-state index in [0.29, 0.717) is 17.0 Å². The fourth-order valence-corrected chi connectivity index (χ4v) is 2.05. The first kappa shape index (κ1) is 12.6. The van der Waals surface area contributed by atoms with Crippen molar-refractivity contribution in [3.8, 4) is 0 Å². The molecule has 1 aromatic heterocycles. The third kappa shape index (κ3) is 2.90. The molecule has 1 atom stereocenters. The summed E-state index contributed by atoms with van der Waals surface area (Å²) in [6, 6.07) is 8.76. The summed E-state index contributed by atoms with van der Waals surface area (Å²) in [6.45, 7) is 0. The zero-order chi connectivity index (χ0) is 13.1. The number of nitrogens with zero attached hydrogens (tertiary/aromatic N) is 2. The van der Waals surface area contributed by atoms with Gasteiger partial charge in [-0.15, -0.1) is 0 Å². The SMILES string of the molecule is Cn1ccc(CC(C(=O)O)c2cccc(Cl)c2)n1. The standard InChI is InChI=1S/C13H13ClN2O2/c1-16-6-5-11(15-16)8-12(13(17)18)9-3-2-4-10(14)7-9/h2-7,12H,8H2,1H3,(H,17,18). The number of rotatable bonds is 4. The molecule has 94 valence electrons. The van der Waals surface area contributed by atoms with Gasteiger partial charge < -0.3 is 5.11 Å². The van der Waals surface area contributed by atoms with E-state index in [9.17, 15) is 9.90 Å². The van der Waals surface area contributed by atoms with Gasteiger partial charge in [0.2, 0.25) is 0 Å². The highest BCUT2D eigenvalue weighted by molar-refractivity contribution is 6.30. The molecular formula is C13H13ClN2O2. The number of benzene rings is 1. The van der Waals surface area contributed by atoms with Crippen molar-refractivity contribution in [1.29, 1.82) is 0 Å². The van der Waals surface area contributed by atoms with Gasteiger partial charge in [0.1, 0.15) is 0 Å². The number of hydrogen-bond donors (Lipinski definition) is 1. The second-order valence-corrected chi connectivity index (χ2v) is 4.57. The van der Waals surface area contributed by atoms with Crippen molar-refractivity contribution < 1.29 is 9.90 Å². The number of aliphatic carboxylic acids is 1. The van der Waals surface area contributed by atoms with Crippen LogP contribution in [0.25, 0.3) is 0 Å². The largest absolute Gasteiger partial charge is 0.481 e. The summed E-state index contributed by atoms with van der Waals surface area (Å²) in [7, 11) is 1.80. The normalized spacial score (nSPS) is 12.3. The van der Waals surface area contributed by atoms with Crippen molar-refractivity contribution in [2.45, 2.75) is 12.3 Å². The van der Waals surface area contributed by atoms with Gasteiger partial charge in [-0.25, -0.2) is 0 Å². The Morgan fingerprint density at radius 1 is 1.50 bits per heavy atom. The number of carboxylic acids is 1. The van der Waals surface area contributed by atoms with Crippen LogP contribution in [0.15, 0.2) is 36.5 Å². The van der Waals surface area contributed by atoms with Crippen LogP contribution < -0.4 is 0 Å². The second kappa shape index (κ2) is 5.23. The first-order valence-corrected chi connectivity index (χ1v) is 5.91. The summed E-state index contributed by atoms with van der Waals surface area (Å²) in [5, 5.41) is 14.1. The van der Waals surface area contributed by atoms with Crippen LogP contribution in [-0.4, -0.2) is 20.9 Å². The number of carbonyl (C=O) groups is 1. The predicted octanol–water partition coefficient (Wildman–Crippen LogP) is 2.48. The number of carboxylic acid groups (broad SMARTS) is 1. The monoisotopic (exact) mass is 264 g/mol. The molecule has 2 rings (SSSR count). The summed E-state index contributed by atoms with van der Waals surface area (Å²) in [6.07, 6.45) is 2.16. The van der Waals surface area contributed by atoms with E-state index in [1.165, 1.54) is 0 Å². The van der Waals surface area contributed by atoms with E-state index in [4.69, 9.17) is 11.6 Å². The average molecular weight is 265 g/mol. The molecule has 2 aromatic rings. The van der Waals surface area contributed by atoms with E-state index >= 15 is 0 Å². The van der Waals surface area contributed by atoms with Crippen molar-refractivity contribution in [3.05, 3.63) is 52.8 Å². The lowest BCUT2D eigenvalue weighted by Gasteiger charge is -2.11. The molecule has 0 aliphatic heterocycles. The lowest BCUT2D eigenvalue weighted by atomic mass is 9.94. The molecule has 0 fully saturated rings. The highest BCUT2D eigenvalue weighted by atomic mass is 35.5. The molecule has 1 aromatic carbocycles. The first-order valence-electron chi connectivity index (χ1n) is 5.53.